The maximum absolute atomic E-state index is 7.32. The van der Waals surface area contributed by atoms with Crippen molar-refractivity contribution in [3.05, 3.63) is 17.8 Å². The Morgan fingerprint density at radius 3 is 2.94 bits per heavy atom. The van der Waals surface area contributed by atoms with Gasteiger partial charge in [-0.3, -0.25) is 5.41 Å². The third kappa shape index (κ3) is 3.82. The molecule has 0 radical (unpaired) electrons. The second-order valence-corrected chi connectivity index (χ2v) is 3.12. The van der Waals surface area contributed by atoms with Gasteiger partial charge in [-0.2, -0.15) is 5.10 Å². The zero-order chi connectivity index (χ0) is 11.8. The predicted octanol–water partition coefficient (Wildman–Crippen LogP) is 0.566. The van der Waals surface area contributed by atoms with E-state index in [0.717, 1.165) is 6.42 Å². The molecule has 0 saturated heterocycles. The van der Waals surface area contributed by atoms with Crippen molar-refractivity contribution in [2.24, 2.45) is 5.73 Å². The van der Waals surface area contributed by atoms with Crippen molar-refractivity contribution in [2.75, 3.05) is 19.8 Å². The van der Waals surface area contributed by atoms with Crippen LogP contribution in [0.3, 0.4) is 0 Å². The molecule has 0 bridgehead atoms. The lowest BCUT2D eigenvalue weighted by Crippen LogP contribution is -2.16. The Morgan fingerprint density at radius 1 is 1.44 bits per heavy atom. The lowest BCUT2D eigenvalue weighted by atomic mass is 10.3. The summed E-state index contributed by atoms with van der Waals surface area (Å²) >= 11 is 0. The van der Waals surface area contributed by atoms with Gasteiger partial charge in [0.05, 0.1) is 18.4 Å². The van der Waals surface area contributed by atoms with E-state index in [2.05, 4.69) is 10.2 Å². The molecule has 0 saturated carbocycles. The molecule has 16 heavy (non-hydrogen) atoms. The zero-order valence-electron chi connectivity index (χ0n) is 9.27. The lowest BCUT2D eigenvalue weighted by Gasteiger charge is -2.08. The van der Waals surface area contributed by atoms with Crippen LogP contribution in [0.2, 0.25) is 0 Å². The summed E-state index contributed by atoms with van der Waals surface area (Å²) in [5.41, 5.74) is 5.82. The topological polar surface area (TPSA) is 94.1 Å². The smallest absolute Gasteiger partial charge is 0.244 e. The van der Waals surface area contributed by atoms with E-state index in [4.69, 9.17) is 20.6 Å². The number of hydrogen-bond donors (Lipinski definition) is 2. The van der Waals surface area contributed by atoms with Crippen LogP contribution in [-0.4, -0.2) is 35.9 Å². The molecule has 0 atom stereocenters. The van der Waals surface area contributed by atoms with Gasteiger partial charge in [0.1, 0.15) is 12.4 Å². The summed E-state index contributed by atoms with van der Waals surface area (Å²) in [5.74, 6) is 0.189. The quantitative estimate of drug-likeness (QED) is 0.401. The Hall–Kier alpha value is -1.69. The highest BCUT2D eigenvalue weighted by molar-refractivity contribution is 5.96. The molecule has 0 aromatic carbocycles. The fourth-order valence-corrected chi connectivity index (χ4v) is 1.07. The summed E-state index contributed by atoms with van der Waals surface area (Å²) in [6.07, 6.45) is 2.45. The van der Waals surface area contributed by atoms with E-state index in [9.17, 15) is 0 Å². The number of nitrogens with two attached hydrogens (primary N) is 1. The summed E-state index contributed by atoms with van der Waals surface area (Å²) in [7, 11) is 0. The molecule has 0 aliphatic rings. The molecule has 6 nitrogen and oxygen atoms in total. The minimum Gasteiger partial charge on any atom is -0.474 e. The van der Waals surface area contributed by atoms with Crippen LogP contribution in [0.5, 0.6) is 5.88 Å². The van der Waals surface area contributed by atoms with Crippen molar-refractivity contribution in [1.82, 2.24) is 10.2 Å². The number of aromatic nitrogens is 2. The van der Waals surface area contributed by atoms with Gasteiger partial charge < -0.3 is 15.2 Å². The monoisotopic (exact) mass is 224 g/mol. The maximum atomic E-state index is 7.32. The summed E-state index contributed by atoms with van der Waals surface area (Å²) in [6.45, 7) is 3.61. The molecular weight excluding hydrogens is 208 g/mol. The average Bonchev–Trinajstić information content (AvgIpc) is 2.29. The number of ether oxygens (including phenoxy) is 2. The minimum absolute atomic E-state index is 0.0839. The van der Waals surface area contributed by atoms with Crippen LogP contribution in [0.1, 0.15) is 18.9 Å². The summed E-state index contributed by atoms with van der Waals surface area (Å²) in [5, 5.41) is 14.8. The van der Waals surface area contributed by atoms with E-state index in [-0.39, 0.29) is 11.7 Å². The highest BCUT2D eigenvalue weighted by atomic mass is 16.5. The molecule has 1 rings (SSSR count). The largest absolute Gasteiger partial charge is 0.474 e. The molecule has 3 N–H and O–H groups in total. The highest BCUT2D eigenvalue weighted by Crippen LogP contribution is 2.11. The minimum atomic E-state index is -0.0839. The summed E-state index contributed by atoms with van der Waals surface area (Å²) in [4.78, 5) is 0. The molecule has 1 heterocycles. The Labute approximate surface area is 94.3 Å². The van der Waals surface area contributed by atoms with Gasteiger partial charge in [-0.05, 0) is 12.5 Å². The molecule has 0 aliphatic carbocycles. The van der Waals surface area contributed by atoms with Crippen molar-refractivity contribution >= 4 is 5.84 Å². The molecular formula is C10H16N4O2. The molecule has 88 valence electrons. The molecule has 1 aromatic rings. The van der Waals surface area contributed by atoms with Crippen LogP contribution in [0, 0.1) is 5.41 Å². The first-order valence-corrected chi connectivity index (χ1v) is 5.12. The number of nitrogens with zero attached hydrogens (tertiary/aromatic N) is 2. The standard InChI is InChI=1S/C10H16N4O2/c1-2-5-15-6-7-16-10-8(9(11)12)3-4-13-14-10/h3-4H,2,5-7H2,1H3,(H3,11,12). The van der Waals surface area contributed by atoms with Crippen molar-refractivity contribution in [3.63, 3.8) is 0 Å². The van der Waals surface area contributed by atoms with E-state index < -0.39 is 0 Å². The Kier molecular flexibility index (Phi) is 5.21. The third-order valence-electron chi connectivity index (χ3n) is 1.79. The van der Waals surface area contributed by atoms with Crippen LogP contribution >= 0.6 is 0 Å². The second kappa shape index (κ2) is 6.73. The first-order chi connectivity index (χ1) is 7.75. The van der Waals surface area contributed by atoms with Gasteiger partial charge >= 0.3 is 0 Å². The zero-order valence-corrected chi connectivity index (χ0v) is 9.27. The molecule has 0 unspecified atom stereocenters. The number of amidine groups is 1. The summed E-state index contributed by atoms with van der Waals surface area (Å²) in [6, 6.07) is 1.59. The molecule has 0 amide bonds. The number of nitrogens with one attached hydrogen (secondary N) is 1. The van der Waals surface area contributed by atoms with Crippen LogP contribution < -0.4 is 10.5 Å². The number of hydrogen-bond acceptors (Lipinski definition) is 5. The predicted molar refractivity (Wildman–Crippen MR) is 59.7 cm³/mol. The van der Waals surface area contributed by atoms with E-state index >= 15 is 0 Å². The first kappa shape index (κ1) is 12.4. The first-order valence-electron chi connectivity index (χ1n) is 5.12. The molecule has 0 aliphatic heterocycles. The normalized spacial score (nSPS) is 10.1. The Bertz CT molecular complexity index is 343. The average molecular weight is 224 g/mol. The van der Waals surface area contributed by atoms with Gasteiger partial charge in [-0.15, -0.1) is 5.10 Å². The van der Waals surface area contributed by atoms with Gasteiger partial charge in [0.15, 0.2) is 0 Å². The van der Waals surface area contributed by atoms with E-state index in [0.29, 0.717) is 25.4 Å². The van der Waals surface area contributed by atoms with E-state index in [1.165, 1.54) is 6.20 Å². The van der Waals surface area contributed by atoms with Gasteiger partial charge in [0.2, 0.25) is 5.88 Å². The van der Waals surface area contributed by atoms with Crippen molar-refractivity contribution in [2.45, 2.75) is 13.3 Å². The van der Waals surface area contributed by atoms with Gasteiger partial charge in [0, 0.05) is 6.61 Å². The van der Waals surface area contributed by atoms with Crippen LogP contribution in [0.4, 0.5) is 0 Å². The molecule has 0 spiro atoms. The van der Waals surface area contributed by atoms with Gasteiger partial charge in [0.25, 0.3) is 0 Å². The maximum Gasteiger partial charge on any atom is 0.244 e. The third-order valence-corrected chi connectivity index (χ3v) is 1.79. The van der Waals surface area contributed by atoms with Crippen LogP contribution in [0.15, 0.2) is 12.3 Å². The van der Waals surface area contributed by atoms with Gasteiger partial charge in [-0.25, -0.2) is 0 Å². The Balaban J connectivity index is 2.44. The molecule has 0 fully saturated rings. The second-order valence-electron chi connectivity index (χ2n) is 3.12. The van der Waals surface area contributed by atoms with E-state index in [1.54, 1.807) is 6.07 Å². The Morgan fingerprint density at radius 2 is 2.25 bits per heavy atom. The number of rotatable bonds is 7. The lowest BCUT2D eigenvalue weighted by molar-refractivity contribution is 0.0986. The van der Waals surface area contributed by atoms with Crippen molar-refractivity contribution in [3.8, 4) is 5.88 Å². The van der Waals surface area contributed by atoms with Crippen LogP contribution in [-0.2, 0) is 4.74 Å². The molecule has 1 aromatic heterocycles. The fourth-order valence-electron chi connectivity index (χ4n) is 1.07. The van der Waals surface area contributed by atoms with Crippen LogP contribution in [0.25, 0.3) is 0 Å². The highest BCUT2D eigenvalue weighted by Gasteiger charge is 2.07. The van der Waals surface area contributed by atoms with Gasteiger partial charge in [-0.1, -0.05) is 6.92 Å². The van der Waals surface area contributed by atoms with Crippen molar-refractivity contribution in [1.29, 1.82) is 5.41 Å². The van der Waals surface area contributed by atoms with E-state index in [1.807, 2.05) is 6.92 Å². The number of nitrogen functional groups attached to an aromatic ring is 1. The molecule has 6 heteroatoms. The SMILES string of the molecule is CCCOCCOc1nnccc1C(=N)N. The van der Waals surface area contributed by atoms with Crippen molar-refractivity contribution < 1.29 is 9.47 Å². The summed E-state index contributed by atoms with van der Waals surface area (Å²) < 4.78 is 10.6. The fraction of sp³-hybridized carbons (Fsp3) is 0.500.